The first kappa shape index (κ1) is 23.2. The Kier molecular flexibility index (Phi) is 6.68. The molecule has 2 N–H and O–H groups in total. The monoisotopic (exact) mass is 546 g/mol. The Morgan fingerprint density at radius 1 is 1.32 bits per heavy atom. The van der Waals surface area contributed by atoms with Crippen molar-refractivity contribution < 1.29 is 37.1 Å². The number of hydrogen-bond acceptors (Lipinski definition) is 6. The molecule has 1 aliphatic heterocycles. The number of alkyl halides is 3. The van der Waals surface area contributed by atoms with Gasteiger partial charge in [-0.25, -0.2) is 0 Å². The maximum atomic E-state index is 12.5. The number of benzene rings is 2. The summed E-state index contributed by atoms with van der Waals surface area (Å²) >= 11 is 2.01. The van der Waals surface area contributed by atoms with E-state index in [1.807, 2.05) is 28.7 Å². The molecular weight excluding hydrogens is 531 g/mol. The third kappa shape index (κ3) is 5.60. The number of nitriles is 1. The predicted molar refractivity (Wildman–Crippen MR) is 112 cm³/mol. The van der Waals surface area contributed by atoms with Crippen LogP contribution in [0.5, 0.6) is 11.5 Å². The Morgan fingerprint density at radius 3 is 2.61 bits per heavy atom. The minimum atomic E-state index is -4.84. The van der Waals surface area contributed by atoms with Crippen molar-refractivity contribution in [2.75, 3.05) is 6.61 Å². The number of rotatable bonds is 6. The lowest BCUT2D eigenvalue weighted by atomic mass is 9.79. The molecule has 1 amide bonds. The molecule has 0 spiro atoms. The van der Waals surface area contributed by atoms with E-state index in [4.69, 9.17) is 9.39 Å². The van der Waals surface area contributed by atoms with Gasteiger partial charge in [-0.05, 0) is 65.4 Å². The molecule has 1 unspecified atom stereocenters. The van der Waals surface area contributed by atoms with Gasteiger partial charge in [0.2, 0.25) is 0 Å². The van der Waals surface area contributed by atoms with Crippen LogP contribution in [0.2, 0.25) is 0 Å². The number of hydrogen-bond donors (Lipinski definition) is 2. The Balaban J connectivity index is 1.67. The van der Waals surface area contributed by atoms with Gasteiger partial charge in [0.05, 0.1) is 16.2 Å². The first-order chi connectivity index (χ1) is 14.5. The normalized spacial score (nSPS) is 14.9. The van der Waals surface area contributed by atoms with Gasteiger partial charge >= 0.3 is 13.5 Å². The number of ether oxygens (including phenoxy) is 2. The van der Waals surface area contributed by atoms with E-state index in [2.05, 4.69) is 10.1 Å². The topological polar surface area (TPSA) is 101 Å². The Hall–Kier alpha value is -2.50. The summed E-state index contributed by atoms with van der Waals surface area (Å²) in [6.45, 7) is 1.52. The highest BCUT2D eigenvalue weighted by atomic mass is 127. The van der Waals surface area contributed by atoms with Crippen LogP contribution in [-0.4, -0.2) is 36.6 Å². The molecule has 31 heavy (non-hydrogen) atoms. The lowest BCUT2D eigenvalue weighted by Gasteiger charge is -2.24. The third-order valence-electron chi connectivity index (χ3n) is 4.38. The Morgan fingerprint density at radius 2 is 2.00 bits per heavy atom. The lowest BCUT2D eigenvalue weighted by molar-refractivity contribution is -0.274. The molecule has 7 nitrogen and oxygen atoms in total. The molecule has 0 fully saturated rings. The van der Waals surface area contributed by atoms with E-state index in [0.717, 1.165) is 29.8 Å². The molecule has 0 saturated heterocycles. The molecule has 3 rings (SSSR count). The fraction of sp³-hybridized carbons (Fsp3) is 0.263. The van der Waals surface area contributed by atoms with Gasteiger partial charge in [-0.3, -0.25) is 4.79 Å². The number of fused-ring (bicyclic) bond motifs is 1. The summed E-state index contributed by atoms with van der Waals surface area (Å²) in [6.07, 6.45) is -4.84. The fourth-order valence-corrected chi connectivity index (χ4v) is 3.77. The molecule has 2 aromatic carbocycles. The van der Waals surface area contributed by atoms with Crippen LogP contribution in [0.1, 0.15) is 22.8 Å². The molecule has 0 saturated carbocycles. The van der Waals surface area contributed by atoms with Crippen LogP contribution in [0.25, 0.3) is 0 Å². The molecule has 1 heterocycles. The van der Waals surface area contributed by atoms with Crippen molar-refractivity contribution in [3.63, 3.8) is 0 Å². The molecule has 0 aliphatic carbocycles. The van der Waals surface area contributed by atoms with Gasteiger partial charge < -0.3 is 24.5 Å². The molecule has 2 aromatic rings. The fourth-order valence-electron chi connectivity index (χ4n) is 2.82. The van der Waals surface area contributed by atoms with Crippen LogP contribution in [0.4, 0.5) is 13.2 Å². The smallest absolute Gasteiger partial charge is 0.489 e. The van der Waals surface area contributed by atoms with E-state index in [9.17, 15) is 28.3 Å². The zero-order valence-corrected chi connectivity index (χ0v) is 18.2. The molecule has 0 aromatic heterocycles. The van der Waals surface area contributed by atoms with Gasteiger partial charge in [-0.15, -0.1) is 13.2 Å². The van der Waals surface area contributed by atoms with Crippen molar-refractivity contribution in [2.45, 2.75) is 25.4 Å². The molecule has 1 atom stereocenters. The third-order valence-corrected chi connectivity index (χ3v) is 5.49. The molecule has 162 valence electrons. The zero-order chi connectivity index (χ0) is 22.8. The minimum absolute atomic E-state index is 0.0448. The van der Waals surface area contributed by atoms with Gasteiger partial charge in [0, 0.05) is 11.0 Å². The average Bonchev–Trinajstić information content (AvgIpc) is 3.08. The molecule has 12 heteroatoms. The van der Waals surface area contributed by atoms with Crippen molar-refractivity contribution in [3.8, 4) is 17.6 Å². The number of carbonyl (C=O) groups is 1. The van der Waals surface area contributed by atoms with Crippen molar-refractivity contribution in [3.05, 3.63) is 51.1 Å². The number of nitrogens with one attached hydrogen (secondary N) is 1. The van der Waals surface area contributed by atoms with Crippen molar-refractivity contribution in [2.24, 2.45) is 0 Å². The van der Waals surface area contributed by atoms with Gasteiger partial charge in [-0.2, -0.15) is 5.26 Å². The highest BCUT2D eigenvalue weighted by Gasteiger charge is 2.33. The van der Waals surface area contributed by atoms with Gasteiger partial charge in [-0.1, -0.05) is 6.07 Å². The number of carbonyl (C=O) groups excluding carboxylic acids is 1. The number of halogens is 4. The first-order valence-electron chi connectivity index (χ1n) is 8.85. The largest absolute Gasteiger partial charge is 0.573 e. The van der Waals surface area contributed by atoms with Gasteiger partial charge in [0.25, 0.3) is 5.91 Å². The van der Waals surface area contributed by atoms with Gasteiger partial charge in [0.1, 0.15) is 18.1 Å². The summed E-state index contributed by atoms with van der Waals surface area (Å²) in [5.41, 5.74) is 0.0407. The summed E-state index contributed by atoms with van der Waals surface area (Å²) in [7, 11) is -1.06. The van der Waals surface area contributed by atoms with E-state index in [0.29, 0.717) is 14.8 Å². The van der Waals surface area contributed by atoms with Crippen molar-refractivity contribution >= 4 is 41.1 Å². The second kappa shape index (κ2) is 8.93. The molecule has 1 aliphatic rings. The Bertz CT molecular complexity index is 1030. The number of nitrogens with zero attached hydrogens (tertiary/aromatic N) is 1. The summed E-state index contributed by atoms with van der Waals surface area (Å²) in [4.78, 5) is 12.5. The second-order valence-corrected chi connectivity index (χ2v) is 7.95. The first-order valence-corrected chi connectivity index (χ1v) is 9.92. The summed E-state index contributed by atoms with van der Waals surface area (Å²) in [5.74, 6) is -0.722. The summed E-state index contributed by atoms with van der Waals surface area (Å²) in [6, 6.07) is 9.70. The lowest BCUT2D eigenvalue weighted by Crippen LogP contribution is -2.49. The van der Waals surface area contributed by atoms with E-state index in [1.165, 1.54) is 6.92 Å². The van der Waals surface area contributed by atoms with E-state index in [-0.39, 0.29) is 18.8 Å². The van der Waals surface area contributed by atoms with Crippen LogP contribution in [0.15, 0.2) is 36.4 Å². The number of amides is 1. The quantitative estimate of drug-likeness (QED) is 0.427. The minimum Gasteiger partial charge on any atom is -0.489 e. The maximum absolute atomic E-state index is 12.5. The van der Waals surface area contributed by atoms with Crippen LogP contribution in [0.3, 0.4) is 0 Å². The predicted octanol–water partition coefficient (Wildman–Crippen LogP) is 2.50. The molecule has 0 radical (unpaired) electrons. The van der Waals surface area contributed by atoms with E-state index < -0.39 is 30.7 Å². The van der Waals surface area contributed by atoms with Crippen LogP contribution in [0, 0.1) is 14.9 Å². The summed E-state index contributed by atoms with van der Waals surface area (Å²) < 4.78 is 52.0. The van der Waals surface area contributed by atoms with Crippen LogP contribution >= 0.6 is 22.6 Å². The van der Waals surface area contributed by atoms with Crippen LogP contribution in [-0.2, 0) is 11.3 Å². The van der Waals surface area contributed by atoms with E-state index in [1.54, 1.807) is 12.1 Å². The summed E-state index contributed by atoms with van der Waals surface area (Å²) in [5, 5.41) is 22.0. The maximum Gasteiger partial charge on any atom is 0.573 e. The second-order valence-electron chi connectivity index (χ2n) is 6.87. The standard InChI is InChI=1S/C19H15BF3IN2O5/c1-18(9-25,10-29-14-7-4-12-8-30-20(28)15(12)16(14)24)26-17(27)11-2-5-13(6-3-11)31-19(21,22)23/h2-7,28H,8,10H2,1H3,(H,26,27). The Labute approximate surface area is 189 Å². The SMILES string of the molecule is CC(C#N)(COc1ccc2c(c1I)B(O)OC2)NC(=O)c1ccc(OC(F)(F)F)cc1. The highest BCUT2D eigenvalue weighted by Crippen LogP contribution is 2.26. The zero-order valence-electron chi connectivity index (χ0n) is 16.0. The average molecular weight is 546 g/mol. The molecule has 0 bridgehead atoms. The van der Waals surface area contributed by atoms with Crippen LogP contribution < -0.4 is 20.3 Å². The molecular formula is C19H15BF3IN2O5. The highest BCUT2D eigenvalue weighted by molar-refractivity contribution is 14.1. The van der Waals surface area contributed by atoms with E-state index >= 15 is 0 Å². The van der Waals surface area contributed by atoms with Crippen molar-refractivity contribution in [1.82, 2.24) is 5.32 Å². The van der Waals surface area contributed by atoms with Crippen molar-refractivity contribution in [1.29, 1.82) is 5.26 Å². The van der Waals surface area contributed by atoms with Gasteiger partial charge in [0.15, 0.2) is 5.54 Å².